The lowest BCUT2D eigenvalue weighted by atomic mass is 9.79. The van der Waals surface area contributed by atoms with Crippen molar-refractivity contribution in [2.45, 2.75) is 104 Å². The quantitative estimate of drug-likeness (QED) is 0.331. The Kier molecular flexibility index (Phi) is 7.22. The van der Waals surface area contributed by atoms with Gasteiger partial charge in [0.15, 0.2) is 5.78 Å². The largest absolute Gasteiger partial charge is 0.344 e. The van der Waals surface area contributed by atoms with Gasteiger partial charge in [0.05, 0.1) is 0 Å². The van der Waals surface area contributed by atoms with Gasteiger partial charge in [0.2, 0.25) is 0 Å². The molecule has 1 aliphatic rings. The third-order valence-corrected chi connectivity index (χ3v) is 7.12. The second kappa shape index (κ2) is 9.41. The van der Waals surface area contributed by atoms with Crippen LogP contribution in [0.1, 0.15) is 107 Å². The number of nitrogens with zero attached hydrogens (tertiary/aromatic N) is 1. The molecule has 0 aliphatic heterocycles. The fourth-order valence-corrected chi connectivity index (χ4v) is 4.91. The van der Waals surface area contributed by atoms with Gasteiger partial charge in [-0.3, -0.25) is 4.79 Å². The summed E-state index contributed by atoms with van der Waals surface area (Å²) in [6.07, 6.45) is 8.72. The zero-order chi connectivity index (χ0) is 23.7. The van der Waals surface area contributed by atoms with Gasteiger partial charge in [-0.25, -0.2) is 0 Å². The van der Waals surface area contributed by atoms with Gasteiger partial charge < -0.3 is 4.57 Å². The number of carbonyl (C=O) groups excluding carboxylic acids is 1. The molecule has 0 bridgehead atoms. The Labute approximate surface area is 196 Å². The molecule has 0 amide bonds. The van der Waals surface area contributed by atoms with Crippen molar-refractivity contribution in [3.63, 3.8) is 0 Å². The van der Waals surface area contributed by atoms with Crippen molar-refractivity contribution in [3.8, 4) is 11.3 Å². The van der Waals surface area contributed by atoms with Crippen molar-refractivity contribution in [1.29, 1.82) is 0 Å². The normalized spacial score (nSPS) is 15.7. The molecule has 0 N–H and O–H groups in total. The molecule has 2 aromatic rings. The van der Waals surface area contributed by atoms with Gasteiger partial charge in [0, 0.05) is 29.9 Å². The average Bonchev–Trinajstić information content (AvgIpc) is 3.04. The number of allylic oxidation sites excluding steroid dienone is 1. The van der Waals surface area contributed by atoms with Crippen molar-refractivity contribution in [2.75, 3.05) is 0 Å². The second-order valence-electron chi connectivity index (χ2n) is 11.9. The molecular formula is C30H43NO. The van der Waals surface area contributed by atoms with Crippen LogP contribution in [0.2, 0.25) is 0 Å². The predicted molar refractivity (Wildman–Crippen MR) is 138 cm³/mol. The van der Waals surface area contributed by atoms with Crippen LogP contribution in [0.3, 0.4) is 0 Å². The van der Waals surface area contributed by atoms with Gasteiger partial charge in [0.25, 0.3) is 0 Å². The van der Waals surface area contributed by atoms with E-state index in [9.17, 15) is 4.79 Å². The van der Waals surface area contributed by atoms with E-state index >= 15 is 0 Å². The highest BCUT2D eigenvalue weighted by molar-refractivity contribution is 5.99. The van der Waals surface area contributed by atoms with Gasteiger partial charge in [-0.15, -0.1) is 6.58 Å². The van der Waals surface area contributed by atoms with E-state index in [0.29, 0.717) is 12.3 Å². The molecule has 32 heavy (non-hydrogen) atoms. The molecule has 0 unspecified atom stereocenters. The molecule has 0 spiro atoms. The van der Waals surface area contributed by atoms with Crippen LogP contribution in [0.25, 0.3) is 11.3 Å². The number of ketones is 1. The van der Waals surface area contributed by atoms with Crippen LogP contribution in [0.5, 0.6) is 0 Å². The molecule has 1 aromatic heterocycles. The summed E-state index contributed by atoms with van der Waals surface area (Å²) in [7, 11) is 0. The first kappa shape index (κ1) is 24.6. The van der Waals surface area contributed by atoms with Gasteiger partial charge >= 0.3 is 0 Å². The molecular weight excluding hydrogens is 390 g/mol. The minimum atomic E-state index is 0.0628. The van der Waals surface area contributed by atoms with Crippen LogP contribution >= 0.6 is 0 Å². The highest BCUT2D eigenvalue weighted by Gasteiger charge is 2.25. The lowest BCUT2D eigenvalue weighted by Crippen LogP contribution is -2.18. The lowest BCUT2D eigenvalue weighted by Gasteiger charge is -2.27. The zero-order valence-electron chi connectivity index (χ0n) is 21.5. The Morgan fingerprint density at radius 3 is 2.03 bits per heavy atom. The summed E-state index contributed by atoms with van der Waals surface area (Å²) in [6, 6.07) is 9.22. The number of hydrogen-bond acceptors (Lipinski definition) is 1. The molecule has 1 fully saturated rings. The third-order valence-electron chi connectivity index (χ3n) is 7.12. The topological polar surface area (TPSA) is 22.0 Å². The van der Waals surface area contributed by atoms with Crippen molar-refractivity contribution >= 4 is 5.78 Å². The number of aromatic nitrogens is 1. The highest BCUT2D eigenvalue weighted by Crippen LogP contribution is 2.37. The third kappa shape index (κ3) is 5.45. The summed E-state index contributed by atoms with van der Waals surface area (Å²) in [5.41, 5.74) is 7.21. The molecule has 1 saturated carbocycles. The van der Waals surface area contributed by atoms with Crippen molar-refractivity contribution in [2.24, 2.45) is 5.92 Å². The van der Waals surface area contributed by atoms with Gasteiger partial charge in [-0.1, -0.05) is 72.9 Å². The Hall–Kier alpha value is -2.09. The van der Waals surface area contributed by atoms with E-state index < -0.39 is 0 Å². The molecule has 1 aromatic carbocycles. The van der Waals surface area contributed by atoms with Gasteiger partial charge in [-0.05, 0) is 71.4 Å². The fraction of sp³-hybridized carbons (Fsp3) is 0.567. The molecule has 174 valence electrons. The van der Waals surface area contributed by atoms with Crippen LogP contribution in [0.15, 0.2) is 36.9 Å². The van der Waals surface area contributed by atoms with Crippen molar-refractivity contribution < 1.29 is 4.79 Å². The first-order chi connectivity index (χ1) is 14.9. The molecule has 0 radical (unpaired) electrons. The predicted octanol–water partition coefficient (Wildman–Crippen LogP) is 8.40. The van der Waals surface area contributed by atoms with Gasteiger partial charge in [-0.2, -0.15) is 0 Å². The lowest BCUT2D eigenvalue weighted by molar-refractivity contribution is 0.0995. The minimum Gasteiger partial charge on any atom is -0.344 e. The van der Waals surface area contributed by atoms with Crippen molar-refractivity contribution in [3.05, 3.63) is 59.3 Å². The first-order valence-electron chi connectivity index (χ1n) is 12.4. The standard InChI is InChI=1S/C30H43NO/c1-9-13-28(32)26-19-27(31(21(26)2)20-22-14-11-10-12-15-22)23-16-24(29(3,4)5)18-25(17-23)30(6,7)8/h9,16-19,22H,1,10-15,20H2,2-8H3. The van der Waals surface area contributed by atoms with Crippen LogP contribution < -0.4 is 0 Å². The number of rotatable bonds is 6. The SMILES string of the molecule is C=CCC(=O)c1cc(-c2cc(C(C)(C)C)cc(C(C)(C)C)c2)n(CC2CCCCC2)c1C. The van der Waals surface area contributed by atoms with E-state index in [-0.39, 0.29) is 16.6 Å². The molecule has 3 rings (SSSR count). The molecule has 0 saturated heterocycles. The van der Waals surface area contributed by atoms with Crippen LogP contribution in [0, 0.1) is 12.8 Å². The smallest absolute Gasteiger partial charge is 0.168 e. The van der Waals surface area contributed by atoms with E-state index in [2.05, 4.69) is 83.9 Å². The molecule has 1 aliphatic carbocycles. The van der Waals surface area contributed by atoms with Crippen LogP contribution in [0.4, 0.5) is 0 Å². The molecule has 0 atom stereocenters. The van der Waals surface area contributed by atoms with E-state index in [1.165, 1.54) is 54.5 Å². The summed E-state index contributed by atoms with van der Waals surface area (Å²) in [5, 5.41) is 0. The van der Waals surface area contributed by atoms with E-state index in [4.69, 9.17) is 0 Å². The summed E-state index contributed by atoms with van der Waals surface area (Å²) in [5.74, 6) is 0.869. The molecule has 1 heterocycles. The summed E-state index contributed by atoms with van der Waals surface area (Å²) in [6.45, 7) is 20.6. The van der Waals surface area contributed by atoms with E-state index in [0.717, 1.165) is 17.8 Å². The first-order valence-corrected chi connectivity index (χ1v) is 12.4. The maximum atomic E-state index is 12.9. The number of Topliss-reactive ketones (excluding diaryl/α,β-unsaturated/α-hetero) is 1. The Balaban J connectivity index is 2.19. The fourth-order valence-electron chi connectivity index (χ4n) is 4.91. The summed E-state index contributed by atoms with van der Waals surface area (Å²) in [4.78, 5) is 12.9. The summed E-state index contributed by atoms with van der Waals surface area (Å²) >= 11 is 0. The van der Waals surface area contributed by atoms with E-state index in [1.807, 2.05) is 0 Å². The Morgan fingerprint density at radius 2 is 1.53 bits per heavy atom. The number of benzene rings is 1. The monoisotopic (exact) mass is 433 g/mol. The average molecular weight is 434 g/mol. The van der Waals surface area contributed by atoms with Crippen molar-refractivity contribution in [1.82, 2.24) is 4.57 Å². The maximum absolute atomic E-state index is 12.9. The maximum Gasteiger partial charge on any atom is 0.168 e. The molecule has 2 heteroatoms. The Morgan fingerprint density at radius 1 is 0.969 bits per heavy atom. The molecule has 2 nitrogen and oxygen atoms in total. The Bertz CT molecular complexity index is 939. The number of carbonyl (C=O) groups is 1. The van der Waals surface area contributed by atoms with E-state index in [1.54, 1.807) is 6.08 Å². The van der Waals surface area contributed by atoms with Gasteiger partial charge in [0.1, 0.15) is 0 Å². The highest BCUT2D eigenvalue weighted by atomic mass is 16.1. The second-order valence-corrected chi connectivity index (χ2v) is 11.9. The minimum absolute atomic E-state index is 0.0628. The number of hydrogen-bond donors (Lipinski definition) is 0. The van der Waals surface area contributed by atoms with Crippen LogP contribution in [-0.2, 0) is 17.4 Å². The van der Waals surface area contributed by atoms with Crippen LogP contribution in [-0.4, -0.2) is 10.4 Å². The zero-order valence-corrected chi connectivity index (χ0v) is 21.5. The summed E-state index contributed by atoms with van der Waals surface area (Å²) < 4.78 is 2.44.